The van der Waals surface area contributed by atoms with Crippen LogP contribution >= 0.6 is 0 Å². The van der Waals surface area contributed by atoms with Crippen molar-refractivity contribution >= 4 is 11.9 Å². The summed E-state index contributed by atoms with van der Waals surface area (Å²) in [5, 5.41) is 14.1. The summed E-state index contributed by atoms with van der Waals surface area (Å²) in [5.74, 6) is 0. The number of rotatable bonds is 3. The molecule has 1 N–H and O–H groups in total. The summed E-state index contributed by atoms with van der Waals surface area (Å²) in [5.41, 5.74) is 3.49. The standard InChI is InChI=1S/C8H9N3O2/c1-9-10-6-7-2-4-8(5-3-7)11(12)13/h2-6,9H,1H3. The molecule has 68 valence electrons. The second-order valence-corrected chi connectivity index (χ2v) is 2.33. The van der Waals surface area contributed by atoms with Crippen LogP contribution in [0.4, 0.5) is 5.69 Å². The van der Waals surface area contributed by atoms with Crippen LogP contribution < -0.4 is 5.43 Å². The molecule has 0 fully saturated rings. The van der Waals surface area contributed by atoms with Gasteiger partial charge in [0.1, 0.15) is 0 Å². The molecule has 0 unspecified atom stereocenters. The topological polar surface area (TPSA) is 67.5 Å². The number of hydrogen-bond acceptors (Lipinski definition) is 4. The number of nitro benzene ring substituents is 1. The smallest absolute Gasteiger partial charge is 0.269 e. The third-order valence-corrected chi connectivity index (χ3v) is 1.45. The lowest BCUT2D eigenvalue weighted by molar-refractivity contribution is -0.384. The van der Waals surface area contributed by atoms with E-state index in [-0.39, 0.29) is 5.69 Å². The maximum absolute atomic E-state index is 10.3. The highest BCUT2D eigenvalue weighted by Crippen LogP contribution is 2.10. The van der Waals surface area contributed by atoms with Gasteiger partial charge in [0.2, 0.25) is 0 Å². The molecule has 1 rings (SSSR count). The zero-order valence-corrected chi connectivity index (χ0v) is 7.10. The molecule has 5 nitrogen and oxygen atoms in total. The second kappa shape index (κ2) is 4.20. The van der Waals surface area contributed by atoms with Crippen molar-refractivity contribution in [1.82, 2.24) is 5.43 Å². The van der Waals surface area contributed by atoms with Gasteiger partial charge in [0.05, 0.1) is 11.1 Å². The molecule has 0 radical (unpaired) electrons. The summed E-state index contributed by atoms with van der Waals surface area (Å²) in [4.78, 5) is 9.85. The summed E-state index contributed by atoms with van der Waals surface area (Å²) in [6, 6.07) is 6.16. The second-order valence-electron chi connectivity index (χ2n) is 2.33. The predicted octanol–water partition coefficient (Wildman–Crippen LogP) is 1.15. The molecule has 0 aliphatic carbocycles. The third-order valence-electron chi connectivity index (χ3n) is 1.45. The molecule has 0 saturated carbocycles. The van der Waals surface area contributed by atoms with Crippen LogP contribution in [0.2, 0.25) is 0 Å². The van der Waals surface area contributed by atoms with Crippen LogP contribution in [0, 0.1) is 10.1 Å². The molecule has 0 saturated heterocycles. The first-order valence-electron chi connectivity index (χ1n) is 3.68. The van der Waals surface area contributed by atoms with E-state index < -0.39 is 4.92 Å². The van der Waals surface area contributed by atoms with Crippen molar-refractivity contribution in [1.29, 1.82) is 0 Å². The quantitative estimate of drug-likeness (QED) is 0.430. The Bertz CT molecular complexity index is 319. The third kappa shape index (κ3) is 2.55. The van der Waals surface area contributed by atoms with Gasteiger partial charge >= 0.3 is 0 Å². The molecule has 0 spiro atoms. The summed E-state index contributed by atoms with van der Waals surface area (Å²) >= 11 is 0. The lowest BCUT2D eigenvalue weighted by atomic mass is 10.2. The Hall–Kier alpha value is -1.91. The first kappa shape index (κ1) is 9.18. The SMILES string of the molecule is CNN=Cc1ccc([N+](=O)[O-])cc1. The Balaban J connectivity index is 2.81. The molecular weight excluding hydrogens is 170 g/mol. The van der Waals surface area contributed by atoms with Gasteiger partial charge in [-0.15, -0.1) is 0 Å². The fraction of sp³-hybridized carbons (Fsp3) is 0.125. The van der Waals surface area contributed by atoms with Gasteiger partial charge in [0.25, 0.3) is 5.69 Å². The number of hydrazone groups is 1. The van der Waals surface area contributed by atoms with Crippen LogP contribution in [0.1, 0.15) is 5.56 Å². The Labute approximate surface area is 75.2 Å². The van der Waals surface area contributed by atoms with Gasteiger partial charge < -0.3 is 5.43 Å². The van der Waals surface area contributed by atoms with Crippen LogP contribution in [-0.4, -0.2) is 18.2 Å². The normalized spacial score (nSPS) is 10.2. The molecule has 0 atom stereocenters. The minimum absolute atomic E-state index is 0.0848. The molecule has 0 amide bonds. The number of nitrogens with one attached hydrogen (secondary N) is 1. The first-order chi connectivity index (χ1) is 6.24. The molecule has 0 aliphatic rings. The summed E-state index contributed by atoms with van der Waals surface area (Å²) in [6.07, 6.45) is 1.59. The Morgan fingerprint density at radius 3 is 2.54 bits per heavy atom. The van der Waals surface area contributed by atoms with E-state index in [0.29, 0.717) is 0 Å². The van der Waals surface area contributed by atoms with E-state index in [2.05, 4.69) is 10.5 Å². The molecule has 0 aliphatic heterocycles. The monoisotopic (exact) mass is 179 g/mol. The Kier molecular flexibility index (Phi) is 2.97. The minimum Gasteiger partial charge on any atom is -0.313 e. The van der Waals surface area contributed by atoms with E-state index in [1.54, 1.807) is 25.4 Å². The van der Waals surface area contributed by atoms with Gasteiger partial charge in [-0.1, -0.05) is 0 Å². The fourth-order valence-electron chi connectivity index (χ4n) is 0.821. The van der Waals surface area contributed by atoms with Crippen LogP contribution in [0.3, 0.4) is 0 Å². The highest BCUT2D eigenvalue weighted by molar-refractivity contribution is 5.79. The summed E-state index contributed by atoms with van der Waals surface area (Å²) < 4.78 is 0. The van der Waals surface area contributed by atoms with E-state index in [1.165, 1.54) is 12.1 Å². The van der Waals surface area contributed by atoms with Crippen molar-refractivity contribution in [2.24, 2.45) is 5.10 Å². The fourth-order valence-corrected chi connectivity index (χ4v) is 0.821. The van der Waals surface area contributed by atoms with Crippen molar-refractivity contribution in [3.8, 4) is 0 Å². The maximum atomic E-state index is 10.3. The number of benzene rings is 1. The average Bonchev–Trinajstić information content (AvgIpc) is 2.15. The molecule has 0 bridgehead atoms. The zero-order valence-electron chi connectivity index (χ0n) is 7.10. The molecular formula is C8H9N3O2. The van der Waals surface area contributed by atoms with Gasteiger partial charge in [-0.3, -0.25) is 10.1 Å². The number of hydrogen-bond donors (Lipinski definition) is 1. The molecule has 1 aromatic carbocycles. The van der Waals surface area contributed by atoms with Gasteiger partial charge in [-0.05, 0) is 17.7 Å². The molecule has 1 aromatic rings. The first-order valence-corrected chi connectivity index (χ1v) is 3.68. The number of non-ortho nitro benzene ring substituents is 1. The van der Waals surface area contributed by atoms with E-state index in [9.17, 15) is 10.1 Å². The van der Waals surface area contributed by atoms with Crippen LogP contribution in [0.25, 0.3) is 0 Å². The average molecular weight is 179 g/mol. The summed E-state index contributed by atoms with van der Waals surface area (Å²) in [7, 11) is 1.68. The van der Waals surface area contributed by atoms with Crippen LogP contribution in [0.15, 0.2) is 29.4 Å². The van der Waals surface area contributed by atoms with Crippen molar-refractivity contribution in [3.63, 3.8) is 0 Å². The largest absolute Gasteiger partial charge is 0.313 e. The van der Waals surface area contributed by atoms with E-state index >= 15 is 0 Å². The van der Waals surface area contributed by atoms with Gasteiger partial charge in [0, 0.05) is 19.2 Å². The lowest BCUT2D eigenvalue weighted by Crippen LogP contribution is -1.94. The van der Waals surface area contributed by atoms with Gasteiger partial charge in [0.15, 0.2) is 0 Å². The van der Waals surface area contributed by atoms with Crippen molar-refractivity contribution in [2.45, 2.75) is 0 Å². The molecule has 5 heteroatoms. The van der Waals surface area contributed by atoms with Gasteiger partial charge in [-0.25, -0.2) is 0 Å². The zero-order chi connectivity index (χ0) is 9.68. The minimum atomic E-state index is -0.432. The van der Waals surface area contributed by atoms with Crippen molar-refractivity contribution in [3.05, 3.63) is 39.9 Å². The molecule has 0 aromatic heterocycles. The van der Waals surface area contributed by atoms with E-state index in [0.717, 1.165) is 5.56 Å². The molecule has 0 heterocycles. The lowest BCUT2D eigenvalue weighted by Gasteiger charge is -1.92. The van der Waals surface area contributed by atoms with E-state index in [1.807, 2.05) is 0 Å². The van der Waals surface area contributed by atoms with Crippen molar-refractivity contribution in [2.75, 3.05) is 7.05 Å². The highest BCUT2D eigenvalue weighted by Gasteiger charge is 2.01. The predicted molar refractivity (Wildman–Crippen MR) is 49.8 cm³/mol. The number of nitrogens with zero attached hydrogens (tertiary/aromatic N) is 2. The van der Waals surface area contributed by atoms with E-state index in [4.69, 9.17) is 0 Å². The number of nitro groups is 1. The maximum Gasteiger partial charge on any atom is 0.269 e. The molecule has 13 heavy (non-hydrogen) atoms. The van der Waals surface area contributed by atoms with Crippen molar-refractivity contribution < 1.29 is 4.92 Å². The van der Waals surface area contributed by atoms with Crippen LogP contribution in [0.5, 0.6) is 0 Å². The van der Waals surface area contributed by atoms with Crippen LogP contribution in [-0.2, 0) is 0 Å². The highest BCUT2D eigenvalue weighted by atomic mass is 16.6. The summed E-state index contributed by atoms with van der Waals surface area (Å²) in [6.45, 7) is 0. The Morgan fingerprint density at radius 2 is 2.08 bits per heavy atom. The van der Waals surface area contributed by atoms with Gasteiger partial charge in [-0.2, -0.15) is 5.10 Å². The Morgan fingerprint density at radius 1 is 1.46 bits per heavy atom.